The van der Waals surface area contributed by atoms with Gasteiger partial charge in [0.2, 0.25) is 0 Å². The van der Waals surface area contributed by atoms with Gasteiger partial charge in [-0.15, -0.1) is 0 Å². The summed E-state index contributed by atoms with van der Waals surface area (Å²) in [5, 5.41) is 0.497. The molecule has 1 aromatic rings. The molecule has 0 heterocycles. The minimum absolute atomic E-state index is 0.201. The topological polar surface area (TPSA) is 26.3 Å². The fourth-order valence-corrected chi connectivity index (χ4v) is 1.98. The highest BCUT2D eigenvalue weighted by Gasteiger charge is 2.39. The first-order chi connectivity index (χ1) is 7.13. The van der Waals surface area contributed by atoms with Crippen LogP contribution in [0, 0.1) is 11.8 Å². The van der Waals surface area contributed by atoms with Gasteiger partial charge in [0.25, 0.3) is 0 Å². The number of ketones is 1. The zero-order valence-electron chi connectivity index (χ0n) is 8.79. The lowest BCUT2D eigenvalue weighted by Gasteiger charge is -2.04. The Bertz CT molecular complexity index is 401. The van der Waals surface area contributed by atoms with Crippen molar-refractivity contribution in [1.29, 1.82) is 0 Å². The fourth-order valence-electron chi connectivity index (χ4n) is 1.72. The smallest absolute Gasteiger partial charge is 0.166 e. The SMILES string of the molecule is COc1ccc(C(=O)C2CC2C)cc1Cl. The van der Waals surface area contributed by atoms with E-state index in [-0.39, 0.29) is 11.7 Å². The van der Waals surface area contributed by atoms with Crippen molar-refractivity contribution in [2.45, 2.75) is 13.3 Å². The van der Waals surface area contributed by atoms with Crippen molar-refractivity contribution in [3.8, 4) is 5.75 Å². The Balaban J connectivity index is 2.22. The molecule has 0 aliphatic heterocycles. The van der Waals surface area contributed by atoms with Crippen LogP contribution in [0.3, 0.4) is 0 Å². The minimum atomic E-state index is 0.201. The Morgan fingerprint density at radius 2 is 2.20 bits per heavy atom. The summed E-state index contributed by atoms with van der Waals surface area (Å²) < 4.78 is 5.03. The van der Waals surface area contributed by atoms with Gasteiger partial charge in [-0.3, -0.25) is 4.79 Å². The molecule has 2 unspecified atom stereocenters. The van der Waals surface area contributed by atoms with E-state index < -0.39 is 0 Å². The highest BCUT2D eigenvalue weighted by Crippen LogP contribution is 2.40. The summed E-state index contributed by atoms with van der Waals surface area (Å²) in [5.74, 6) is 1.54. The third-order valence-electron chi connectivity index (χ3n) is 2.88. The Morgan fingerprint density at radius 1 is 1.53 bits per heavy atom. The van der Waals surface area contributed by atoms with E-state index in [2.05, 4.69) is 6.92 Å². The minimum Gasteiger partial charge on any atom is -0.495 e. The molecule has 0 saturated heterocycles. The summed E-state index contributed by atoms with van der Waals surface area (Å²) in [6.45, 7) is 2.09. The van der Waals surface area contributed by atoms with Gasteiger partial charge in [-0.25, -0.2) is 0 Å². The summed E-state index contributed by atoms with van der Waals surface area (Å²) in [4.78, 5) is 11.9. The number of benzene rings is 1. The van der Waals surface area contributed by atoms with Gasteiger partial charge in [-0.2, -0.15) is 0 Å². The number of Topliss-reactive ketones (excluding diaryl/α,β-unsaturated/α-hetero) is 1. The van der Waals surface area contributed by atoms with Gasteiger partial charge in [0.05, 0.1) is 12.1 Å². The summed E-state index contributed by atoms with van der Waals surface area (Å²) >= 11 is 5.96. The molecule has 1 aromatic carbocycles. The lowest BCUT2D eigenvalue weighted by molar-refractivity contribution is 0.0962. The lowest BCUT2D eigenvalue weighted by Crippen LogP contribution is -2.02. The van der Waals surface area contributed by atoms with Crippen molar-refractivity contribution >= 4 is 17.4 Å². The van der Waals surface area contributed by atoms with Gasteiger partial charge < -0.3 is 4.74 Å². The molecule has 1 fully saturated rings. The highest BCUT2D eigenvalue weighted by molar-refractivity contribution is 6.32. The number of halogens is 1. The average molecular weight is 225 g/mol. The monoisotopic (exact) mass is 224 g/mol. The van der Waals surface area contributed by atoms with Crippen molar-refractivity contribution in [2.75, 3.05) is 7.11 Å². The van der Waals surface area contributed by atoms with E-state index >= 15 is 0 Å². The number of ether oxygens (including phenoxy) is 1. The van der Waals surface area contributed by atoms with E-state index in [4.69, 9.17) is 16.3 Å². The average Bonchev–Trinajstić information content (AvgIpc) is 2.94. The number of hydrogen-bond acceptors (Lipinski definition) is 2. The van der Waals surface area contributed by atoms with Crippen molar-refractivity contribution in [3.63, 3.8) is 0 Å². The molecule has 0 aromatic heterocycles. The van der Waals surface area contributed by atoms with E-state index in [1.54, 1.807) is 25.3 Å². The van der Waals surface area contributed by atoms with Crippen molar-refractivity contribution < 1.29 is 9.53 Å². The van der Waals surface area contributed by atoms with Crippen molar-refractivity contribution in [3.05, 3.63) is 28.8 Å². The van der Waals surface area contributed by atoms with Crippen LogP contribution < -0.4 is 4.74 Å². The molecule has 1 aliphatic rings. The lowest BCUT2D eigenvalue weighted by atomic mass is 10.1. The Morgan fingerprint density at radius 3 is 2.67 bits per heavy atom. The zero-order valence-corrected chi connectivity index (χ0v) is 9.54. The zero-order chi connectivity index (χ0) is 11.0. The van der Waals surface area contributed by atoms with Crippen molar-refractivity contribution in [1.82, 2.24) is 0 Å². The quantitative estimate of drug-likeness (QED) is 0.738. The van der Waals surface area contributed by atoms with Crippen LogP contribution in [0.25, 0.3) is 0 Å². The molecule has 2 rings (SSSR count). The molecule has 2 nitrogen and oxygen atoms in total. The van der Waals surface area contributed by atoms with Crippen LogP contribution >= 0.6 is 11.6 Å². The van der Waals surface area contributed by atoms with Gasteiger partial charge in [-0.05, 0) is 30.5 Å². The normalized spacial score (nSPS) is 23.7. The maximum Gasteiger partial charge on any atom is 0.166 e. The largest absolute Gasteiger partial charge is 0.495 e. The maximum absolute atomic E-state index is 11.9. The van der Waals surface area contributed by atoms with Crippen molar-refractivity contribution in [2.24, 2.45) is 11.8 Å². The number of hydrogen-bond donors (Lipinski definition) is 0. The van der Waals surface area contributed by atoms with Gasteiger partial charge >= 0.3 is 0 Å². The highest BCUT2D eigenvalue weighted by atomic mass is 35.5. The first kappa shape index (κ1) is 10.5. The number of carbonyl (C=O) groups excluding carboxylic acids is 1. The Kier molecular flexibility index (Phi) is 2.70. The first-order valence-electron chi connectivity index (χ1n) is 5.01. The van der Waals surface area contributed by atoms with Gasteiger partial charge in [0.1, 0.15) is 5.75 Å². The number of rotatable bonds is 3. The summed E-state index contributed by atoms with van der Waals surface area (Å²) in [6, 6.07) is 5.20. The van der Waals surface area contributed by atoms with E-state index in [0.29, 0.717) is 22.3 Å². The van der Waals surface area contributed by atoms with E-state index in [0.717, 1.165) is 6.42 Å². The molecule has 1 aliphatic carbocycles. The Hall–Kier alpha value is -1.02. The molecule has 1 saturated carbocycles. The first-order valence-corrected chi connectivity index (χ1v) is 5.39. The third-order valence-corrected chi connectivity index (χ3v) is 3.18. The molecular weight excluding hydrogens is 212 g/mol. The molecule has 0 amide bonds. The predicted molar refractivity (Wildman–Crippen MR) is 59.6 cm³/mol. The second kappa shape index (κ2) is 3.86. The van der Waals surface area contributed by atoms with Gasteiger partial charge in [0.15, 0.2) is 5.78 Å². The van der Waals surface area contributed by atoms with E-state index in [9.17, 15) is 4.79 Å². The van der Waals surface area contributed by atoms with Crippen LogP contribution in [-0.4, -0.2) is 12.9 Å². The molecule has 2 atom stereocenters. The molecule has 0 radical (unpaired) electrons. The second-order valence-electron chi connectivity index (χ2n) is 4.03. The third kappa shape index (κ3) is 2.00. The molecule has 0 bridgehead atoms. The molecular formula is C12H13ClO2. The summed E-state index contributed by atoms with van der Waals surface area (Å²) in [6.07, 6.45) is 1.00. The fraction of sp³-hybridized carbons (Fsp3) is 0.417. The maximum atomic E-state index is 11.9. The standard InChI is InChI=1S/C12H13ClO2/c1-7-5-9(7)12(14)8-3-4-11(15-2)10(13)6-8/h3-4,6-7,9H,5H2,1-2H3. The van der Waals surface area contributed by atoms with Crippen LogP contribution in [0.15, 0.2) is 18.2 Å². The second-order valence-corrected chi connectivity index (χ2v) is 4.44. The van der Waals surface area contributed by atoms with E-state index in [1.165, 1.54) is 0 Å². The molecule has 0 N–H and O–H groups in total. The van der Waals surface area contributed by atoms with Crippen LogP contribution in [-0.2, 0) is 0 Å². The van der Waals surface area contributed by atoms with Crippen LogP contribution in [0.2, 0.25) is 5.02 Å². The molecule has 80 valence electrons. The van der Waals surface area contributed by atoms with E-state index in [1.807, 2.05) is 0 Å². The molecule has 15 heavy (non-hydrogen) atoms. The van der Waals surface area contributed by atoms with Crippen LogP contribution in [0.4, 0.5) is 0 Å². The predicted octanol–water partition coefficient (Wildman–Crippen LogP) is 3.19. The van der Waals surface area contributed by atoms with Gasteiger partial charge in [-0.1, -0.05) is 18.5 Å². The number of methoxy groups -OCH3 is 1. The summed E-state index contributed by atoms with van der Waals surface area (Å²) in [7, 11) is 1.56. The van der Waals surface area contributed by atoms with Crippen LogP contribution in [0.5, 0.6) is 5.75 Å². The molecule has 0 spiro atoms. The molecule has 3 heteroatoms. The Labute approximate surface area is 94.2 Å². The van der Waals surface area contributed by atoms with Crippen LogP contribution in [0.1, 0.15) is 23.7 Å². The summed E-state index contributed by atoms with van der Waals surface area (Å²) in [5.41, 5.74) is 0.690. The number of carbonyl (C=O) groups is 1. The van der Waals surface area contributed by atoms with Gasteiger partial charge in [0, 0.05) is 11.5 Å².